The van der Waals surface area contributed by atoms with Gasteiger partial charge in [0.2, 0.25) is 0 Å². The average molecular weight is 150 g/mol. The normalized spacial score (nSPS) is 12.0. The summed E-state index contributed by atoms with van der Waals surface area (Å²) in [4.78, 5) is 0. The highest BCUT2D eigenvalue weighted by Gasteiger charge is 1.78. The van der Waals surface area contributed by atoms with Crippen molar-refractivity contribution in [2.75, 3.05) is 0 Å². The van der Waals surface area contributed by atoms with Gasteiger partial charge in [0.05, 0.1) is 0 Å². The molecular formula is C11H18. The third-order valence-electron chi connectivity index (χ3n) is 1.03. The van der Waals surface area contributed by atoms with Gasteiger partial charge < -0.3 is 0 Å². The number of rotatable bonds is 3. The summed E-state index contributed by atoms with van der Waals surface area (Å²) in [6.07, 6.45) is 11.9. The molecule has 11 heavy (non-hydrogen) atoms. The molecule has 0 aromatic rings. The molecule has 0 fully saturated rings. The maximum Gasteiger partial charge on any atom is -0.0263 e. The van der Waals surface area contributed by atoms with Crippen LogP contribution >= 0.6 is 0 Å². The first-order valence-corrected chi connectivity index (χ1v) is 3.43. The topological polar surface area (TPSA) is 0 Å². The van der Waals surface area contributed by atoms with E-state index < -0.39 is 0 Å². The predicted molar refractivity (Wildman–Crippen MR) is 54.6 cm³/mol. The van der Waals surface area contributed by atoms with Crippen molar-refractivity contribution in [2.45, 2.75) is 21.3 Å². The van der Waals surface area contributed by atoms with Crippen molar-refractivity contribution < 1.29 is 0 Å². The van der Waals surface area contributed by atoms with E-state index in [0.29, 0.717) is 0 Å². The monoisotopic (exact) mass is 150 g/mol. The van der Waals surface area contributed by atoms with Gasteiger partial charge in [-0.1, -0.05) is 50.5 Å². The van der Waals surface area contributed by atoms with Crippen LogP contribution in [0.15, 0.2) is 48.6 Å². The fraction of sp³-hybridized carbons (Fsp3) is 0.273. The molecule has 0 aliphatic heterocycles. The largest absolute Gasteiger partial charge is 0.0990 e. The second kappa shape index (κ2) is 8.96. The summed E-state index contributed by atoms with van der Waals surface area (Å²) in [7, 11) is 0. The molecular weight excluding hydrogens is 132 g/mol. The minimum atomic E-state index is 0. The lowest BCUT2D eigenvalue weighted by Crippen LogP contribution is -1.67. The van der Waals surface area contributed by atoms with Crippen LogP contribution in [0.5, 0.6) is 0 Å². The molecule has 0 spiro atoms. The molecule has 0 heteroatoms. The molecule has 0 nitrogen and oxygen atoms in total. The Labute approximate surface area is 70.6 Å². The van der Waals surface area contributed by atoms with Crippen LogP contribution in [0.4, 0.5) is 0 Å². The van der Waals surface area contributed by atoms with Crippen LogP contribution < -0.4 is 0 Å². The molecule has 0 saturated carbocycles. The quantitative estimate of drug-likeness (QED) is 0.535. The second-order valence-corrected chi connectivity index (χ2v) is 1.90. The second-order valence-electron chi connectivity index (χ2n) is 1.90. The van der Waals surface area contributed by atoms with E-state index in [1.54, 1.807) is 6.08 Å². The van der Waals surface area contributed by atoms with Crippen LogP contribution in [0.3, 0.4) is 0 Å². The molecule has 62 valence electrons. The SMILES string of the molecule is C.C=CC=C(/C=C\C)/C=C/C. The maximum absolute atomic E-state index is 3.62. The van der Waals surface area contributed by atoms with Crippen LogP contribution in [-0.2, 0) is 0 Å². The third-order valence-corrected chi connectivity index (χ3v) is 1.03. The van der Waals surface area contributed by atoms with Crippen LogP contribution in [-0.4, -0.2) is 0 Å². The van der Waals surface area contributed by atoms with Crippen LogP contribution in [0.1, 0.15) is 21.3 Å². The lowest BCUT2D eigenvalue weighted by molar-refractivity contribution is 1.60. The molecule has 0 rings (SSSR count). The van der Waals surface area contributed by atoms with Gasteiger partial charge in [0.15, 0.2) is 0 Å². The fourth-order valence-corrected chi connectivity index (χ4v) is 0.688. The molecule has 0 aliphatic rings. The van der Waals surface area contributed by atoms with Crippen molar-refractivity contribution in [3.05, 3.63) is 48.6 Å². The van der Waals surface area contributed by atoms with Crippen molar-refractivity contribution >= 4 is 0 Å². The van der Waals surface area contributed by atoms with Crippen molar-refractivity contribution in [3.63, 3.8) is 0 Å². The standard InChI is InChI=1S/C10H14.CH4/c1-4-7-10(8-5-2)9-6-3;/h4-9H,1H2,2-3H3;1H4/b8-5-,9-6+,10-7?;. The molecule has 0 N–H and O–H groups in total. The zero-order chi connectivity index (χ0) is 7.82. The van der Waals surface area contributed by atoms with E-state index in [1.807, 2.05) is 44.2 Å². The van der Waals surface area contributed by atoms with Gasteiger partial charge in [-0.15, -0.1) is 0 Å². The van der Waals surface area contributed by atoms with Crippen LogP contribution in [0.2, 0.25) is 0 Å². The summed E-state index contributed by atoms with van der Waals surface area (Å²) in [5.74, 6) is 0. The van der Waals surface area contributed by atoms with Crippen molar-refractivity contribution in [2.24, 2.45) is 0 Å². The average Bonchev–Trinajstić information content (AvgIpc) is 1.90. The van der Waals surface area contributed by atoms with E-state index in [0.717, 1.165) is 0 Å². The summed E-state index contributed by atoms with van der Waals surface area (Å²) >= 11 is 0. The lowest BCUT2D eigenvalue weighted by Gasteiger charge is -1.87. The molecule has 0 bridgehead atoms. The van der Waals surface area contributed by atoms with E-state index in [2.05, 4.69) is 6.58 Å². The fourth-order valence-electron chi connectivity index (χ4n) is 0.688. The molecule has 0 heterocycles. The molecule has 0 aromatic carbocycles. The minimum absolute atomic E-state index is 0. The van der Waals surface area contributed by atoms with Gasteiger partial charge in [-0.05, 0) is 19.4 Å². The Morgan fingerprint density at radius 3 is 1.82 bits per heavy atom. The Balaban J connectivity index is 0. The predicted octanol–water partition coefficient (Wildman–Crippen LogP) is 3.89. The molecule has 0 unspecified atom stereocenters. The Morgan fingerprint density at radius 2 is 1.55 bits per heavy atom. The summed E-state index contributed by atoms with van der Waals surface area (Å²) in [6, 6.07) is 0. The molecule has 0 atom stereocenters. The van der Waals surface area contributed by atoms with Gasteiger partial charge in [0.25, 0.3) is 0 Å². The first-order chi connectivity index (χ1) is 4.85. The first kappa shape index (κ1) is 12.6. The van der Waals surface area contributed by atoms with E-state index >= 15 is 0 Å². The number of allylic oxidation sites excluding steroid dienone is 7. The molecule has 0 aromatic heterocycles. The van der Waals surface area contributed by atoms with Gasteiger partial charge in [-0.2, -0.15) is 0 Å². The summed E-state index contributed by atoms with van der Waals surface area (Å²) < 4.78 is 0. The van der Waals surface area contributed by atoms with Crippen molar-refractivity contribution in [3.8, 4) is 0 Å². The Hall–Kier alpha value is -1.04. The highest BCUT2D eigenvalue weighted by atomic mass is 13.8. The molecule has 0 radical (unpaired) electrons. The Morgan fingerprint density at radius 1 is 1.09 bits per heavy atom. The Bertz CT molecular complexity index is 154. The van der Waals surface area contributed by atoms with Crippen LogP contribution in [0, 0.1) is 0 Å². The highest BCUT2D eigenvalue weighted by Crippen LogP contribution is 1.98. The summed E-state index contributed by atoms with van der Waals surface area (Å²) in [6.45, 7) is 7.62. The van der Waals surface area contributed by atoms with E-state index in [9.17, 15) is 0 Å². The van der Waals surface area contributed by atoms with Crippen molar-refractivity contribution in [1.29, 1.82) is 0 Å². The van der Waals surface area contributed by atoms with E-state index in [1.165, 1.54) is 5.57 Å². The highest BCUT2D eigenvalue weighted by molar-refractivity contribution is 5.32. The zero-order valence-corrected chi connectivity index (χ0v) is 6.67. The van der Waals surface area contributed by atoms with E-state index in [-0.39, 0.29) is 7.43 Å². The summed E-state index contributed by atoms with van der Waals surface area (Å²) in [5, 5.41) is 0. The number of hydrogen-bond donors (Lipinski definition) is 0. The Kier molecular flexibility index (Phi) is 10.3. The van der Waals surface area contributed by atoms with Gasteiger partial charge in [0, 0.05) is 0 Å². The molecule has 0 aliphatic carbocycles. The molecule has 0 saturated heterocycles. The smallest absolute Gasteiger partial charge is 0.0263 e. The van der Waals surface area contributed by atoms with Gasteiger partial charge in [-0.3, -0.25) is 0 Å². The van der Waals surface area contributed by atoms with Gasteiger partial charge in [0.1, 0.15) is 0 Å². The molecule has 0 amide bonds. The number of hydrogen-bond acceptors (Lipinski definition) is 0. The van der Waals surface area contributed by atoms with Crippen molar-refractivity contribution in [1.82, 2.24) is 0 Å². The van der Waals surface area contributed by atoms with Crippen LogP contribution in [0.25, 0.3) is 0 Å². The zero-order valence-electron chi connectivity index (χ0n) is 6.67. The minimum Gasteiger partial charge on any atom is -0.0990 e. The third kappa shape index (κ3) is 6.85. The van der Waals surface area contributed by atoms with Gasteiger partial charge in [-0.25, -0.2) is 0 Å². The summed E-state index contributed by atoms with van der Waals surface area (Å²) in [5.41, 5.74) is 1.18. The van der Waals surface area contributed by atoms with E-state index in [4.69, 9.17) is 0 Å². The maximum atomic E-state index is 3.62. The lowest BCUT2D eigenvalue weighted by atomic mass is 10.2. The van der Waals surface area contributed by atoms with Gasteiger partial charge >= 0.3 is 0 Å². The first-order valence-electron chi connectivity index (χ1n) is 3.43.